The van der Waals surface area contributed by atoms with E-state index in [9.17, 15) is 0 Å². The van der Waals surface area contributed by atoms with Crippen LogP contribution in [0, 0.1) is 11.8 Å². The molecule has 0 heteroatoms. The van der Waals surface area contributed by atoms with Gasteiger partial charge in [0.05, 0.1) is 0 Å². The molecule has 0 saturated heterocycles. The summed E-state index contributed by atoms with van der Waals surface area (Å²) >= 11 is 0. The van der Waals surface area contributed by atoms with Crippen LogP contribution in [0.15, 0.2) is 42.5 Å². The molecule has 0 saturated carbocycles. The molecule has 1 rings (SSSR count). The van der Waals surface area contributed by atoms with Crippen molar-refractivity contribution in [2.75, 3.05) is 0 Å². The summed E-state index contributed by atoms with van der Waals surface area (Å²) in [4.78, 5) is 0. The van der Waals surface area contributed by atoms with Crippen molar-refractivity contribution in [2.24, 2.45) is 0 Å². The third-order valence-corrected chi connectivity index (χ3v) is 2.37. The van der Waals surface area contributed by atoms with Crippen LogP contribution in [0.5, 0.6) is 0 Å². The molecule has 16 heavy (non-hydrogen) atoms. The van der Waals surface area contributed by atoms with Gasteiger partial charge in [0.15, 0.2) is 0 Å². The van der Waals surface area contributed by atoms with Gasteiger partial charge in [-0.05, 0) is 25.0 Å². The van der Waals surface area contributed by atoms with Gasteiger partial charge in [0.25, 0.3) is 0 Å². The molecule has 84 valence electrons. The Hall–Kier alpha value is -1.48. The van der Waals surface area contributed by atoms with Crippen LogP contribution in [0.25, 0.3) is 0 Å². The SMILES string of the molecule is CCCCC/C=C/CC#Cc1ccccc1. The van der Waals surface area contributed by atoms with Crippen LogP contribution in [0.4, 0.5) is 0 Å². The number of hydrogen-bond donors (Lipinski definition) is 0. The van der Waals surface area contributed by atoms with Crippen LogP contribution >= 0.6 is 0 Å². The van der Waals surface area contributed by atoms with E-state index in [1.54, 1.807) is 0 Å². The molecule has 0 spiro atoms. The van der Waals surface area contributed by atoms with Crippen molar-refractivity contribution in [2.45, 2.75) is 39.0 Å². The van der Waals surface area contributed by atoms with E-state index in [-0.39, 0.29) is 0 Å². The first kappa shape index (κ1) is 12.6. The number of rotatable bonds is 5. The summed E-state index contributed by atoms with van der Waals surface area (Å²) in [6, 6.07) is 10.1. The Morgan fingerprint density at radius 2 is 1.88 bits per heavy atom. The lowest BCUT2D eigenvalue weighted by atomic mass is 10.2. The third-order valence-electron chi connectivity index (χ3n) is 2.37. The van der Waals surface area contributed by atoms with Crippen molar-refractivity contribution >= 4 is 0 Å². The Balaban J connectivity index is 2.18. The molecule has 0 aliphatic rings. The predicted molar refractivity (Wildman–Crippen MR) is 71.2 cm³/mol. The fourth-order valence-corrected chi connectivity index (χ4v) is 1.45. The smallest absolute Gasteiger partial charge is 0.0273 e. The molecule has 0 heterocycles. The first-order chi connectivity index (χ1) is 7.93. The molecule has 0 amide bonds. The molecule has 0 N–H and O–H groups in total. The van der Waals surface area contributed by atoms with E-state index in [0.29, 0.717) is 0 Å². The van der Waals surface area contributed by atoms with Crippen molar-refractivity contribution in [3.63, 3.8) is 0 Å². The maximum atomic E-state index is 3.16. The molecule has 1 aromatic rings. The summed E-state index contributed by atoms with van der Waals surface area (Å²) in [5.74, 6) is 6.30. The average Bonchev–Trinajstić information content (AvgIpc) is 2.34. The molecule has 0 aromatic heterocycles. The van der Waals surface area contributed by atoms with Crippen molar-refractivity contribution < 1.29 is 0 Å². The first-order valence-electron chi connectivity index (χ1n) is 6.12. The van der Waals surface area contributed by atoms with E-state index in [1.165, 1.54) is 25.7 Å². The van der Waals surface area contributed by atoms with Gasteiger partial charge in [-0.15, -0.1) is 0 Å². The molecule has 0 nitrogen and oxygen atoms in total. The third kappa shape index (κ3) is 6.09. The zero-order chi connectivity index (χ0) is 11.5. The highest BCUT2D eigenvalue weighted by Crippen LogP contribution is 2.00. The summed E-state index contributed by atoms with van der Waals surface area (Å²) < 4.78 is 0. The normalized spacial score (nSPS) is 10.1. The zero-order valence-corrected chi connectivity index (χ0v) is 10.1. The topological polar surface area (TPSA) is 0 Å². The summed E-state index contributed by atoms with van der Waals surface area (Å²) in [5, 5.41) is 0. The minimum Gasteiger partial charge on any atom is -0.0937 e. The number of unbranched alkanes of at least 4 members (excludes halogenated alkanes) is 3. The van der Waals surface area contributed by atoms with Gasteiger partial charge in [0.1, 0.15) is 0 Å². The second-order valence-electron chi connectivity index (χ2n) is 3.84. The van der Waals surface area contributed by atoms with Gasteiger partial charge in [-0.2, -0.15) is 0 Å². The highest BCUT2D eigenvalue weighted by Gasteiger charge is 1.81. The second-order valence-corrected chi connectivity index (χ2v) is 3.84. The fourth-order valence-electron chi connectivity index (χ4n) is 1.45. The lowest BCUT2D eigenvalue weighted by Crippen LogP contribution is -1.71. The summed E-state index contributed by atoms with van der Waals surface area (Å²) in [6.45, 7) is 2.23. The second kappa shape index (κ2) is 8.80. The number of allylic oxidation sites excluding steroid dienone is 2. The van der Waals surface area contributed by atoms with Crippen LogP contribution in [-0.4, -0.2) is 0 Å². The van der Waals surface area contributed by atoms with Crippen LogP contribution in [0.3, 0.4) is 0 Å². The molecule has 0 bridgehead atoms. The van der Waals surface area contributed by atoms with E-state index in [0.717, 1.165) is 12.0 Å². The number of hydrogen-bond acceptors (Lipinski definition) is 0. The van der Waals surface area contributed by atoms with Crippen LogP contribution in [0.1, 0.15) is 44.6 Å². The van der Waals surface area contributed by atoms with Crippen molar-refractivity contribution in [1.82, 2.24) is 0 Å². The summed E-state index contributed by atoms with van der Waals surface area (Å²) in [5.41, 5.74) is 1.10. The molecule has 0 aliphatic carbocycles. The Bertz CT molecular complexity index is 349. The summed E-state index contributed by atoms with van der Waals surface area (Å²) in [6.07, 6.45) is 10.4. The minimum atomic E-state index is 0.862. The molecule has 0 atom stereocenters. The Labute approximate surface area is 99.4 Å². The Kier molecular flexibility index (Phi) is 6.92. The molecule has 0 fully saturated rings. The van der Waals surface area contributed by atoms with E-state index >= 15 is 0 Å². The molecule has 0 unspecified atom stereocenters. The van der Waals surface area contributed by atoms with Gasteiger partial charge in [-0.1, -0.05) is 62.0 Å². The first-order valence-corrected chi connectivity index (χ1v) is 6.12. The predicted octanol–water partition coefficient (Wildman–Crippen LogP) is 4.56. The lowest BCUT2D eigenvalue weighted by Gasteiger charge is -1.90. The van der Waals surface area contributed by atoms with Crippen molar-refractivity contribution in [3.05, 3.63) is 48.0 Å². The largest absolute Gasteiger partial charge is 0.0937 e. The lowest BCUT2D eigenvalue weighted by molar-refractivity contribution is 0.728. The maximum absolute atomic E-state index is 3.16. The highest BCUT2D eigenvalue weighted by atomic mass is 13.9. The van der Waals surface area contributed by atoms with Crippen molar-refractivity contribution in [3.8, 4) is 11.8 Å². The Morgan fingerprint density at radius 1 is 1.06 bits per heavy atom. The van der Waals surface area contributed by atoms with Gasteiger partial charge < -0.3 is 0 Å². The minimum absolute atomic E-state index is 0.862. The van der Waals surface area contributed by atoms with Crippen LogP contribution in [0.2, 0.25) is 0 Å². The molecular weight excluding hydrogens is 192 g/mol. The van der Waals surface area contributed by atoms with E-state index in [2.05, 4.69) is 30.9 Å². The molecule has 0 radical (unpaired) electrons. The van der Waals surface area contributed by atoms with Gasteiger partial charge in [0.2, 0.25) is 0 Å². The zero-order valence-electron chi connectivity index (χ0n) is 10.1. The van der Waals surface area contributed by atoms with Gasteiger partial charge in [-0.25, -0.2) is 0 Å². The monoisotopic (exact) mass is 212 g/mol. The molecule has 1 aromatic carbocycles. The van der Waals surface area contributed by atoms with Gasteiger partial charge in [-0.3, -0.25) is 0 Å². The maximum Gasteiger partial charge on any atom is 0.0273 e. The van der Waals surface area contributed by atoms with E-state index < -0.39 is 0 Å². The van der Waals surface area contributed by atoms with Crippen LogP contribution < -0.4 is 0 Å². The molecular formula is C16H20. The Morgan fingerprint density at radius 3 is 2.62 bits per heavy atom. The van der Waals surface area contributed by atoms with Gasteiger partial charge >= 0.3 is 0 Å². The standard InChI is InChI=1S/C16H20/c1-2-3-4-5-6-7-8-10-13-16-14-11-9-12-15-16/h6-7,9,11-12,14-15H,2-5,8H2,1H3/b7-6+. The van der Waals surface area contributed by atoms with Crippen molar-refractivity contribution in [1.29, 1.82) is 0 Å². The highest BCUT2D eigenvalue weighted by molar-refractivity contribution is 5.33. The van der Waals surface area contributed by atoms with E-state index in [4.69, 9.17) is 0 Å². The van der Waals surface area contributed by atoms with E-state index in [1.807, 2.05) is 30.3 Å². The summed E-state index contributed by atoms with van der Waals surface area (Å²) in [7, 11) is 0. The number of benzene rings is 1. The average molecular weight is 212 g/mol. The fraction of sp³-hybridized carbons (Fsp3) is 0.375. The van der Waals surface area contributed by atoms with Gasteiger partial charge in [0, 0.05) is 12.0 Å². The van der Waals surface area contributed by atoms with Crippen LogP contribution in [-0.2, 0) is 0 Å². The quantitative estimate of drug-likeness (QED) is 0.381. The molecule has 0 aliphatic heterocycles.